The molecule has 9 nitrogen and oxygen atoms in total. The summed E-state index contributed by atoms with van der Waals surface area (Å²) in [5.41, 5.74) is 0. The lowest BCUT2D eigenvalue weighted by molar-refractivity contribution is -0.870. The number of unbranched alkanes of at least 4 members (excludes halogenated alkanes) is 41. The number of carbonyl (C=O) groups excluding carboxylic acids is 2. The maximum absolute atomic E-state index is 12.9. The van der Waals surface area contributed by atoms with Crippen molar-refractivity contribution in [3.05, 3.63) is 134 Å². The van der Waals surface area contributed by atoms with Gasteiger partial charge in [0, 0.05) is 12.8 Å². The minimum absolute atomic E-state index is 0.0336. The molecule has 0 spiro atoms. The molecule has 0 saturated heterocycles. The summed E-state index contributed by atoms with van der Waals surface area (Å²) in [6.07, 6.45) is 116. The summed E-state index contributed by atoms with van der Waals surface area (Å²) >= 11 is 0. The molecule has 0 aromatic heterocycles. The summed E-state index contributed by atoms with van der Waals surface area (Å²) in [5, 5.41) is 0. The predicted molar refractivity (Wildman–Crippen MR) is 434 cm³/mol. The average molecular weight is 1410 g/mol. The highest BCUT2D eigenvalue weighted by molar-refractivity contribution is 7.45. The minimum atomic E-state index is -4.65. The zero-order valence-electron chi connectivity index (χ0n) is 65.9. The fraction of sp³-hybridized carbons (Fsp3) is 0.733. The second kappa shape index (κ2) is 79.3. The van der Waals surface area contributed by atoms with Gasteiger partial charge in [0.15, 0.2) is 6.10 Å². The van der Waals surface area contributed by atoms with Gasteiger partial charge in [0.05, 0.1) is 27.7 Å². The number of allylic oxidation sites excluding steroid dienone is 22. The van der Waals surface area contributed by atoms with Crippen LogP contribution in [0, 0.1) is 0 Å². The lowest BCUT2D eigenvalue weighted by Gasteiger charge is -2.28. The van der Waals surface area contributed by atoms with Crippen molar-refractivity contribution in [2.45, 2.75) is 380 Å². The van der Waals surface area contributed by atoms with Crippen LogP contribution in [0.3, 0.4) is 0 Å². The van der Waals surface area contributed by atoms with Crippen molar-refractivity contribution in [3.63, 3.8) is 0 Å². The number of rotatable bonds is 77. The Morgan fingerprint density at radius 2 is 0.570 bits per heavy atom. The molecule has 0 bridgehead atoms. The smallest absolute Gasteiger partial charge is 0.306 e. The molecule has 0 amide bonds. The summed E-state index contributed by atoms with van der Waals surface area (Å²) in [5.74, 6) is -0.823. The molecule has 0 aromatic carbocycles. The standard InChI is InChI=1S/C90H158NO8P/c1-6-8-10-12-14-16-18-20-22-24-26-28-30-32-34-36-38-40-42-44-45-47-49-51-53-55-57-59-61-63-65-67-69-71-73-75-77-79-81-83-90(93)99-88(87-98-100(94,95)97-85-84-91(3,4)5)86-96-89(92)82-80-78-76-74-72-70-68-66-64-62-60-58-56-54-52-50-48-46-43-41-39-37-35-33-31-29-27-25-23-21-19-17-15-13-11-9-7-2/h8,10,14,16,19-22,25-28,31-34,38,40,44-45,49,51,88H,6-7,9,11-13,15,17-18,23-24,29-30,35-37,39,41-43,46-48,50,52-87H2,1-5H3/b10-8-,16-14-,21-19-,22-20-,27-25-,28-26-,33-31-,34-32-,40-38-,45-44-,51-49-. The number of ether oxygens (including phenoxy) is 2. The van der Waals surface area contributed by atoms with Crippen LogP contribution < -0.4 is 4.89 Å². The molecule has 0 radical (unpaired) electrons. The number of hydrogen-bond acceptors (Lipinski definition) is 8. The van der Waals surface area contributed by atoms with E-state index in [4.69, 9.17) is 18.5 Å². The molecule has 0 N–H and O–H groups in total. The highest BCUT2D eigenvalue weighted by atomic mass is 31.2. The molecule has 0 saturated carbocycles. The lowest BCUT2D eigenvalue weighted by atomic mass is 10.0. The van der Waals surface area contributed by atoms with Crippen LogP contribution in [0.5, 0.6) is 0 Å². The molecule has 0 aliphatic rings. The molecular weight excluding hydrogens is 1250 g/mol. The Bertz CT molecular complexity index is 2160. The molecule has 0 aromatic rings. The Morgan fingerprint density at radius 1 is 0.320 bits per heavy atom. The third-order valence-corrected chi connectivity index (χ3v) is 19.1. The molecular formula is C90H158NO8P. The number of likely N-dealkylation sites (N-methyl/N-ethyl adjacent to an activating group) is 1. The number of hydrogen-bond donors (Lipinski definition) is 0. The van der Waals surface area contributed by atoms with Gasteiger partial charge in [-0.2, -0.15) is 0 Å². The van der Waals surface area contributed by atoms with Gasteiger partial charge in [-0.3, -0.25) is 14.2 Å². The van der Waals surface area contributed by atoms with E-state index in [0.717, 1.165) is 103 Å². The SMILES string of the molecule is CC/C=C\C/C=C\C/C=C\C/C=C\C/C=C\C/C=C\C/C=C\C/C=C\CCCCCCCCCCCCCCCCC(=O)OC(COC(=O)CCCCCCCCCCCCCCCCCCCCCCCC/C=C\C/C=C\C/C=C\CCCCCCC)COP(=O)([O-])OCC[N+](C)(C)C. The minimum Gasteiger partial charge on any atom is -0.756 e. The van der Waals surface area contributed by atoms with Crippen LogP contribution >= 0.6 is 7.82 Å². The van der Waals surface area contributed by atoms with E-state index in [1.54, 1.807) is 0 Å². The van der Waals surface area contributed by atoms with Gasteiger partial charge >= 0.3 is 11.9 Å². The van der Waals surface area contributed by atoms with Gasteiger partial charge in [-0.25, -0.2) is 0 Å². The third kappa shape index (κ3) is 83.1. The molecule has 100 heavy (non-hydrogen) atoms. The quantitative estimate of drug-likeness (QED) is 0.0195. The molecule has 2 unspecified atom stereocenters. The van der Waals surface area contributed by atoms with E-state index in [0.29, 0.717) is 17.4 Å². The summed E-state index contributed by atoms with van der Waals surface area (Å²) in [6.45, 7) is 4.15. The maximum Gasteiger partial charge on any atom is 0.306 e. The fourth-order valence-corrected chi connectivity index (χ4v) is 12.5. The van der Waals surface area contributed by atoms with Crippen molar-refractivity contribution in [1.82, 2.24) is 0 Å². The summed E-state index contributed by atoms with van der Waals surface area (Å²) in [6, 6.07) is 0. The topological polar surface area (TPSA) is 111 Å². The highest BCUT2D eigenvalue weighted by Crippen LogP contribution is 2.38. The van der Waals surface area contributed by atoms with Crippen LogP contribution in [-0.4, -0.2) is 70.0 Å². The van der Waals surface area contributed by atoms with Crippen molar-refractivity contribution >= 4 is 19.8 Å². The molecule has 0 heterocycles. The largest absolute Gasteiger partial charge is 0.756 e. The first kappa shape index (κ1) is 96.2. The summed E-state index contributed by atoms with van der Waals surface area (Å²) in [7, 11) is 1.17. The average Bonchev–Trinajstić information content (AvgIpc) is 1.07. The molecule has 0 aliphatic carbocycles. The number of quaternary nitrogens is 1. The first-order valence-electron chi connectivity index (χ1n) is 41.9. The van der Waals surface area contributed by atoms with Crippen LogP contribution in [-0.2, 0) is 32.7 Å². The Hall–Kier alpha value is -3.85. The summed E-state index contributed by atoms with van der Waals surface area (Å²) in [4.78, 5) is 38.2. The molecule has 2 atom stereocenters. The summed E-state index contributed by atoms with van der Waals surface area (Å²) < 4.78 is 34.4. The van der Waals surface area contributed by atoms with Crippen molar-refractivity contribution in [3.8, 4) is 0 Å². The maximum atomic E-state index is 12.9. The highest BCUT2D eigenvalue weighted by Gasteiger charge is 2.22. The van der Waals surface area contributed by atoms with Crippen molar-refractivity contribution in [2.75, 3.05) is 47.5 Å². The van der Waals surface area contributed by atoms with Gasteiger partial charge in [0.1, 0.15) is 19.8 Å². The van der Waals surface area contributed by atoms with Crippen molar-refractivity contribution in [2.24, 2.45) is 0 Å². The van der Waals surface area contributed by atoms with Gasteiger partial charge in [-0.05, 0) is 116 Å². The van der Waals surface area contributed by atoms with Crippen molar-refractivity contribution < 1.29 is 42.1 Å². The van der Waals surface area contributed by atoms with Crippen LogP contribution in [0.2, 0.25) is 0 Å². The first-order valence-corrected chi connectivity index (χ1v) is 43.4. The number of carbonyl (C=O) groups is 2. The zero-order valence-corrected chi connectivity index (χ0v) is 66.8. The number of nitrogens with zero attached hydrogens (tertiary/aromatic N) is 1. The zero-order chi connectivity index (χ0) is 72.5. The molecule has 0 rings (SSSR count). The Balaban J connectivity index is 3.96. The van der Waals surface area contributed by atoms with E-state index in [1.807, 2.05) is 21.1 Å². The van der Waals surface area contributed by atoms with Gasteiger partial charge in [0.2, 0.25) is 0 Å². The molecule has 576 valence electrons. The van der Waals surface area contributed by atoms with Crippen LogP contribution in [0.4, 0.5) is 0 Å². The molecule has 0 aliphatic heterocycles. The Kier molecular flexibility index (Phi) is 76.2. The third-order valence-electron chi connectivity index (χ3n) is 18.2. The van der Waals surface area contributed by atoms with Gasteiger partial charge in [-0.1, -0.05) is 379 Å². The lowest BCUT2D eigenvalue weighted by Crippen LogP contribution is -2.37. The molecule has 0 fully saturated rings. The Labute approximate surface area is 619 Å². The van der Waals surface area contributed by atoms with E-state index >= 15 is 0 Å². The van der Waals surface area contributed by atoms with E-state index in [2.05, 4.69) is 148 Å². The van der Waals surface area contributed by atoms with Crippen molar-refractivity contribution in [1.29, 1.82) is 0 Å². The first-order chi connectivity index (χ1) is 49.0. The number of esters is 2. The van der Waals surface area contributed by atoms with Gasteiger partial charge in [0.25, 0.3) is 7.82 Å². The van der Waals surface area contributed by atoms with Crippen LogP contribution in [0.25, 0.3) is 0 Å². The van der Waals surface area contributed by atoms with Crippen LogP contribution in [0.1, 0.15) is 373 Å². The van der Waals surface area contributed by atoms with E-state index < -0.39 is 26.5 Å². The second-order valence-electron chi connectivity index (χ2n) is 29.1. The fourth-order valence-electron chi connectivity index (χ4n) is 11.8. The van der Waals surface area contributed by atoms with Crippen LogP contribution in [0.15, 0.2) is 134 Å². The number of phosphoric acid groups is 1. The van der Waals surface area contributed by atoms with E-state index in [9.17, 15) is 19.0 Å². The van der Waals surface area contributed by atoms with E-state index in [1.165, 1.54) is 238 Å². The van der Waals surface area contributed by atoms with Gasteiger partial charge < -0.3 is 27.9 Å². The second-order valence-corrected chi connectivity index (χ2v) is 30.5. The number of phosphoric ester groups is 1. The van der Waals surface area contributed by atoms with E-state index in [-0.39, 0.29) is 32.0 Å². The predicted octanol–water partition coefficient (Wildman–Crippen LogP) is 27.7. The monoisotopic (exact) mass is 1410 g/mol. The normalized spacial score (nSPS) is 13.7. The van der Waals surface area contributed by atoms with Gasteiger partial charge in [-0.15, -0.1) is 0 Å². The molecule has 10 heteroatoms. The Morgan fingerprint density at radius 3 is 0.850 bits per heavy atom.